The van der Waals surface area contributed by atoms with Crippen LogP contribution in [0.4, 0.5) is 0 Å². The Morgan fingerprint density at radius 1 is 1.19 bits per heavy atom. The molecular weight excluding hydrogens is 492 g/mol. The predicted molar refractivity (Wildman–Crippen MR) is 145 cm³/mol. The second-order valence-corrected chi connectivity index (χ2v) is 11.7. The van der Waals surface area contributed by atoms with Crippen molar-refractivity contribution in [3.8, 4) is 5.75 Å². The van der Waals surface area contributed by atoms with Gasteiger partial charge in [0.15, 0.2) is 11.6 Å². The molecule has 2 unspecified atom stereocenters. The molecule has 0 amide bonds. The number of aliphatic carboxylic acids is 1. The van der Waals surface area contributed by atoms with Gasteiger partial charge in [-0.25, -0.2) is 13.7 Å². The third-order valence-corrected chi connectivity index (χ3v) is 7.58. The maximum absolute atomic E-state index is 13.9. The Morgan fingerprint density at radius 3 is 2.38 bits per heavy atom. The van der Waals surface area contributed by atoms with Crippen LogP contribution in [0.3, 0.4) is 0 Å². The summed E-state index contributed by atoms with van der Waals surface area (Å²) >= 11 is 0. The first-order chi connectivity index (χ1) is 17.4. The molecule has 0 aliphatic carbocycles. The molecular formula is C28H34N2O6S. The quantitative estimate of drug-likeness (QED) is 0.403. The number of esters is 1. The molecule has 0 radical (unpaired) electrons. The van der Waals surface area contributed by atoms with Crippen LogP contribution in [0, 0.1) is 0 Å². The number of carboxylic acid groups (broad SMARTS) is 1. The second kappa shape index (κ2) is 11.4. The van der Waals surface area contributed by atoms with E-state index in [1.165, 1.54) is 0 Å². The van der Waals surface area contributed by atoms with Gasteiger partial charge >= 0.3 is 11.9 Å². The number of fused-ring (bicyclic) bond motifs is 1. The van der Waals surface area contributed by atoms with E-state index in [-0.39, 0.29) is 13.0 Å². The van der Waals surface area contributed by atoms with Crippen molar-refractivity contribution in [2.24, 2.45) is 5.73 Å². The lowest BCUT2D eigenvalue weighted by Crippen LogP contribution is -2.63. The highest BCUT2D eigenvalue weighted by Gasteiger charge is 2.53. The molecule has 0 bridgehead atoms. The van der Waals surface area contributed by atoms with Crippen molar-refractivity contribution < 1.29 is 28.4 Å². The van der Waals surface area contributed by atoms with Crippen LogP contribution < -0.4 is 15.2 Å². The highest BCUT2D eigenvalue weighted by atomic mass is 32.2. The van der Waals surface area contributed by atoms with Crippen LogP contribution in [0.15, 0.2) is 67.3 Å². The Hall–Kier alpha value is -3.27. The molecule has 2 aromatic carbocycles. The lowest BCUT2D eigenvalue weighted by Gasteiger charge is -2.37. The molecule has 9 heteroatoms. The van der Waals surface area contributed by atoms with E-state index in [1.807, 2.05) is 18.2 Å². The summed E-state index contributed by atoms with van der Waals surface area (Å²) in [5, 5.41) is 9.55. The van der Waals surface area contributed by atoms with Crippen molar-refractivity contribution >= 4 is 34.1 Å². The van der Waals surface area contributed by atoms with Crippen LogP contribution in [-0.4, -0.2) is 50.3 Å². The number of carboxylic acids is 1. The largest absolute Gasteiger partial charge is 0.482 e. The first kappa shape index (κ1) is 28.3. The van der Waals surface area contributed by atoms with Crippen molar-refractivity contribution in [1.29, 1.82) is 0 Å². The van der Waals surface area contributed by atoms with E-state index in [2.05, 4.69) is 11.3 Å². The van der Waals surface area contributed by atoms with E-state index >= 15 is 0 Å². The number of nitrogens with two attached hydrogens (primary N) is 1. The SMILES string of the molecule is C=C1c2ccccc2OC1[C@@](C=C(C[C@H](N)C(=O)O)c1ccccc1)(NS(=O)C(C)(C)C)C(=O)OCC. The van der Waals surface area contributed by atoms with Crippen molar-refractivity contribution in [2.75, 3.05) is 6.61 Å². The molecule has 8 nitrogen and oxygen atoms in total. The summed E-state index contributed by atoms with van der Waals surface area (Å²) in [6, 6.07) is 15.0. The van der Waals surface area contributed by atoms with E-state index in [4.69, 9.17) is 15.2 Å². The van der Waals surface area contributed by atoms with Gasteiger partial charge in [-0.15, -0.1) is 0 Å². The highest BCUT2D eigenvalue weighted by molar-refractivity contribution is 7.84. The fourth-order valence-electron chi connectivity index (χ4n) is 3.98. The van der Waals surface area contributed by atoms with Crippen molar-refractivity contribution in [1.82, 2.24) is 4.72 Å². The Kier molecular flexibility index (Phi) is 8.73. The summed E-state index contributed by atoms with van der Waals surface area (Å²) in [5.74, 6) is -1.40. The van der Waals surface area contributed by atoms with Crippen LogP contribution >= 0.6 is 0 Å². The number of ether oxygens (including phenoxy) is 2. The number of para-hydroxylation sites is 1. The van der Waals surface area contributed by atoms with Gasteiger partial charge in [0.2, 0.25) is 0 Å². The monoisotopic (exact) mass is 526 g/mol. The van der Waals surface area contributed by atoms with Gasteiger partial charge in [0, 0.05) is 5.56 Å². The maximum Gasteiger partial charge on any atom is 0.335 e. The summed E-state index contributed by atoms with van der Waals surface area (Å²) in [6.45, 7) is 11.2. The van der Waals surface area contributed by atoms with Gasteiger partial charge in [-0.1, -0.05) is 55.1 Å². The molecule has 4 atom stereocenters. The second-order valence-electron chi connectivity index (χ2n) is 9.78. The van der Waals surface area contributed by atoms with E-state index in [9.17, 15) is 18.9 Å². The molecule has 0 fully saturated rings. The smallest absolute Gasteiger partial charge is 0.335 e. The third-order valence-electron chi connectivity index (χ3n) is 5.94. The van der Waals surface area contributed by atoms with Crippen LogP contribution in [0.2, 0.25) is 0 Å². The van der Waals surface area contributed by atoms with E-state index < -0.39 is 45.4 Å². The first-order valence-electron chi connectivity index (χ1n) is 12.0. The predicted octanol–water partition coefficient (Wildman–Crippen LogP) is 3.70. The minimum Gasteiger partial charge on any atom is -0.482 e. The molecule has 0 aromatic heterocycles. The summed E-state index contributed by atoms with van der Waals surface area (Å²) in [7, 11) is -1.77. The number of carbonyl (C=O) groups excluding carboxylic acids is 1. The van der Waals surface area contributed by atoms with Crippen molar-refractivity contribution in [3.63, 3.8) is 0 Å². The summed E-state index contributed by atoms with van der Waals surface area (Å²) < 4.78 is 27.6. The molecule has 1 aliphatic heterocycles. The van der Waals surface area contributed by atoms with E-state index in [0.29, 0.717) is 28.0 Å². The standard InChI is InChI=1S/C28H34N2O6S/c1-6-35-26(33)28(30-37(34)27(3,4)5,24-18(2)21-14-10-11-15-23(21)36-24)17-20(16-22(29)25(31)32)19-12-8-7-9-13-19/h7-15,17,22,24,30H,2,6,16,29H2,1,3-5H3,(H,31,32)/t22-,24?,28+,37?/m0/s1. The summed E-state index contributed by atoms with van der Waals surface area (Å²) in [6.07, 6.45) is 0.417. The topological polar surface area (TPSA) is 128 Å². The zero-order valence-corrected chi connectivity index (χ0v) is 22.3. The van der Waals surface area contributed by atoms with E-state index in [0.717, 1.165) is 0 Å². The molecule has 0 saturated heterocycles. The van der Waals surface area contributed by atoms with Crippen LogP contribution in [0.1, 0.15) is 45.2 Å². The Morgan fingerprint density at radius 2 is 1.81 bits per heavy atom. The molecule has 37 heavy (non-hydrogen) atoms. The lowest BCUT2D eigenvalue weighted by molar-refractivity contribution is -0.150. The molecule has 1 aliphatic rings. The Bertz CT molecular complexity index is 1220. The number of hydrogen-bond donors (Lipinski definition) is 3. The van der Waals surface area contributed by atoms with E-state index in [1.54, 1.807) is 70.2 Å². The first-order valence-corrected chi connectivity index (χ1v) is 13.1. The van der Waals surface area contributed by atoms with Gasteiger partial charge < -0.3 is 20.3 Å². The van der Waals surface area contributed by atoms with Gasteiger partial charge in [-0.2, -0.15) is 0 Å². The number of rotatable bonds is 10. The molecule has 0 spiro atoms. The van der Waals surface area contributed by atoms with Gasteiger partial charge in [0.1, 0.15) is 11.8 Å². The molecule has 1 heterocycles. The number of benzene rings is 2. The van der Waals surface area contributed by atoms with Crippen molar-refractivity contribution in [2.45, 2.75) is 56.5 Å². The third kappa shape index (κ3) is 6.18. The van der Waals surface area contributed by atoms with Crippen LogP contribution in [-0.2, 0) is 25.3 Å². The van der Waals surface area contributed by atoms with Gasteiger partial charge in [-0.05, 0) is 63.0 Å². The molecule has 2 aromatic rings. The summed E-state index contributed by atoms with van der Waals surface area (Å²) in [4.78, 5) is 25.6. The number of carbonyl (C=O) groups is 2. The van der Waals surface area contributed by atoms with Crippen LogP contribution in [0.25, 0.3) is 11.1 Å². The fraction of sp³-hybridized carbons (Fsp3) is 0.357. The minimum absolute atomic E-state index is 0.0553. The number of nitrogens with one attached hydrogen (secondary N) is 1. The highest BCUT2D eigenvalue weighted by Crippen LogP contribution is 2.43. The normalized spacial score (nSPS) is 18.8. The molecule has 3 rings (SSSR count). The van der Waals surface area contributed by atoms with Gasteiger partial charge in [0.05, 0.1) is 22.3 Å². The Labute approximate surface area is 220 Å². The zero-order chi connectivity index (χ0) is 27.4. The number of hydrogen-bond acceptors (Lipinski definition) is 6. The van der Waals surface area contributed by atoms with Gasteiger partial charge in [-0.3, -0.25) is 4.79 Å². The maximum atomic E-state index is 13.9. The molecule has 0 saturated carbocycles. The lowest BCUT2D eigenvalue weighted by atomic mass is 9.83. The average Bonchev–Trinajstić information content (AvgIpc) is 3.19. The van der Waals surface area contributed by atoms with Crippen LogP contribution in [0.5, 0.6) is 5.75 Å². The molecule has 4 N–H and O–H groups in total. The summed E-state index contributed by atoms with van der Waals surface area (Å²) in [5.41, 5.74) is 6.42. The zero-order valence-electron chi connectivity index (χ0n) is 21.5. The average molecular weight is 527 g/mol. The Balaban J connectivity index is 2.30. The minimum atomic E-state index is -1.83. The van der Waals surface area contributed by atoms with Crippen molar-refractivity contribution in [3.05, 3.63) is 78.4 Å². The fourth-order valence-corrected chi connectivity index (χ4v) is 4.84. The van der Waals surface area contributed by atoms with Gasteiger partial charge in [0.25, 0.3) is 0 Å². The molecule has 198 valence electrons.